The molecule has 2 rings (SSSR count). The number of likely N-dealkylation sites (tertiary alicyclic amines) is 1. The van der Waals surface area contributed by atoms with Crippen LogP contribution in [0.1, 0.15) is 30.6 Å². The van der Waals surface area contributed by atoms with E-state index < -0.39 is 5.97 Å². The first-order valence-electron chi connectivity index (χ1n) is 6.67. The second-order valence-electron chi connectivity index (χ2n) is 5.01. The number of hydrogen-bond acceptors (Lipinski definition) is 3. The quantitative estimate of drug-likeness (QED) is 0.901. The number of carbonyl (C=O) groups excluding carboxylic acids is 1. The summed E-state index contributed by atoms with van der Waals surface area (Å²) in [6.45, 7) is 1.54. The Morgan fingerprint density at radius 3 is 2.68 bits per heavy atom. The van der Waals surface area contributed by atoms with Crippen molar-refractivity contribution in [3.63, 3.8) is 0 Å². The minimum Gasteiger partial charge on any atom is -0.481 e. The van der Waals surface area contributed by atoms with Crippen LogP contribution in [0.5, 0.6) is 0 Å². The van der Waals surface area contributed by atoms with Crippen molar-refractivity contribution in [2.24, 2.45) is 5.92 Å². The summed E-state index contributed by atoms with van der Waals surface area (Å²) in [5.74, 6) is -0.0720. The van der Waals surface area contributed by atoms with Gasteiger partial charge in [-0.1, -0.05) is 6.07 Å². The van der Waals surface area contributed by atoms with Gasteiger partial charge in [0, 0.05) is 24.4 Å². The Morgan fingerprint density at radius 1 is 1.37 bits per heavy atom. The molecule has 1 aromatic rings. The summed E-state index contributed by atoms with van der Waals surface area (Å²) >= 11 is 1.61. The van der Waals surface area contributed by atoms with Crippen LogP contribution in [0.2, 0.25) is 0 Å². The zero-order valence-electron chi connectivity index (χ0n) is 10.9. The number of amides is 1. The molecule has 0 spiro atoms. The third kappa shape index (κ3) is 4.35. The van der Waals surface area contributed by atoms with Gasteiger partial charge in [0.1, 0.15) is 0 Å². The van der Waals surface area contributed by atoms with Gasteiger partial charge in [-0.3, -0.25) is 9.59 Å². The Labute approximate surface area is 117 Å². The maximum atomic E-state index is 12.1. The van der Waals surface area contributed by atoms with Crippen molar-refractivity contribution < 1.29 is 14.7 Å². The molecular weight excluding hydrogens is 262 g/mol. The molecule has 5 heteroatoms. The predicted octanol–water partition coefficient (Wildman–Crippen LogP) is 2.39. The van der Waals surface area contributed by atoms with Crippen molar-refractivity contribution in [1.82, 2.24) is 4.90 Å². The fourth-order valence-electron chi connectivity index (χ4n) is 2.47. The zero-order valence-corrected chi connectivity index (χ0v) is 11.7. The van der Waals surface area contributed by atoms with Gasteiger partial charge in [0.25, 0.3) is 0 Å². The van der Waals surface area contributed by atoms with Crippen LogP contribution >= 0.6 is 11.3 Å². The third-order valence-corrected chi connectivity index (χ3v) is 4.52. The highest BCUT2D eigenvalue weighted by Crippen LogP contribution is 2.22. The molecule has 0 unspecified atom stereocenters. The lowest BCUT2D eigenvalue weighted by molar-refractivity contribution is -0.138. The number of rotatable bonds is 5. The van der Waals surface area contributed by atoms with Crippen molar-refractivity contribution in [3.05, 3.63) is 22.4 Å². The maximum Gasteiger partial charge on any atom is 0.303 e. The van der Waals surface area contributed by atoms with Gasteiger partial charge < -0.3 is 10.0 Å². The van der Waals surface area contributed by atoms with Crippen LogP contribution < -0.4 is 0 Å². The molecule has 19 heavy (non-hydrogen) atoms. The zero-order chi connectivity index (χ0) is 13.7. The number of carbonyl (C=O) groups is 2. The highest BCUT2D eigenvalue weighted by Gasteiger charge is 2.23. The van der Waals surface area contributed by atoms with Gasteiger partial charge in [0.05, 0.1) is 6.42 Å². The Bertz CT molecular complexity index is 422. The Hall–Kier alpha value is -1.36. The van der Waals surface area contributed by atoms with Crippen LogP contribution in [0.4, 0.5) is 0 Å². The molecule has 1 fully saturated rings. The molecule has 1 saturated heterocycles. The topological polar surface area (TPSA) is 57.6 Å². The predicted molar refractivity (Wildman–Crippen MR) is 74.2 cm³/mol. The van der Waals surface area contributed by atoms with Crippen molar-refractivity contribution >= 4 is 23.2 Å². The summed E-state index contributed by atoms with van der Waals surface area (Å²) in [6, 6.07) is 3.95. The van der Waals surface area contributed by atoms with E-state index in [4.69, 9.17) is 5.11 Å². The van der Waals surface area contributed by atoms with Gasteiger partial charge in [0.15, 0.2) is 0 Å². The van der Waals surface area contributed by atoms with E-state index in [9.17, 15) is 9.59 Å². The molecule has 1 aliphatic rings. The molecule has 104 valence electrons. The first-order chi connectivity index (χ1) is 9.15. The van der Waals surface area contributed by atoms with Gasteiger partial charge >= 0.3 is 5.97 Å². The first kappa shape index (κ1) is 14.1. The number of aliphatic carboxylic acids is 1. The number of carboxylic acids is 1. The largest absolute Gasteiger partial charge is 0.481 e. The van der Waals surface area contributed by atoms with Crippen LogP contribution in [-0.4, -0.2) is 35.0 Å². The number of thiophene rings is 1. The van der Waals surface area contributed by atoms with E-state index in [1.165, 1.54) is 0 Å². The molecule has 1 N–H and O–H groups in total. The summed E-state index contributed by atoms with van der Waals surface area (Å²) in [6.07, 6.45) is 3.35. The van der Waals surface area contributed by atoms with E-state index in [2.05, 4.69) is 0 Å². The van der Waals surface area contributed by atoms with Gasteiger partial charge in [-0.2, -0.15) is 0 Å². The molecule has 0 bridgehead atoms. The summed E-state index contributed by atoms with van der Waals surface area (Å²) in [5, 5.41) is 10.7. The fourth-order valence-corrected chi connectivity index (χ4v) is 3.17. The lowest BCUT2D eigenvalue weighted by atomic mass is 9.92. The van der Waals surface area contributed by atoms with Crippen molar-refractivity contribution in [1.29, 1.82) is 0 Å². The number of hydrogen-bond donors (Lipinski definition) is 1. The van der Waals surface area contributed by atoms with E-state index >= 15 is 0 Å². The smallest absolute Gasteiger partial charge is 0.303 e. The van der Waals surface area contributed by atoms with Gasteiger partial charge in [-0.15, -0.1) is 11.3 Å². The molecular formula is C14H19NO3S. The Morgan fingerprint density at radius 2 is 2.11 bits per heavy atom. The maximum absolute atomic E-state index is 12.1. The standard InChI is InChI=1S/C14H19NO3S/c16-13(10-12-2-1-9-19-12)15-7-5-11(6-8-15)3-4-14(17)18/h1-2,9,11H,3-8,10H2,(H,17,18). The minimum absolute atomic E-state index is 0.194. The number of carboxylic acid groups (broad SMARTS) is 1. The van der Waals surface area contributed by atoms with Crippen LogP contribution in [0.15, 0.2) is 17.5 Å². The Balaban J connectivity index is 1.73. The summed E-state index contributed by atoms with van der Waals surface area (Å²) in [7, 11) is 0. The number of nitrogens with zero attached hydrogens (tertiary/aromatic N) is 1. The molecule has 0 aromatic carbocycles. The molecule has 2 heterocycles. The summed E-state index contributed by atoms with van der Waals surface area (Å²) < 4.78 is 0. The van der Waals surface area contributed by atoms with Crippen molar-refractivity contribution in [2.75, 3.05) is 13.1 Å². The van der Waals surface area contributed by atoms with Gasteiger partial charge in [0.2, 0.25) is 5.91 Å². The molecule has 0 saturated carbocycles. The van der Waals surface area contributed by atoms with Crippen molar-refractivity contribution in [3.8, 4) is 0 Å². The molecule has 4 nitrogen and oxygen atoms in total. The van der Waals surface area contributed by atoms with Gasteiger partial charge in [-0.25, -0.2) is 0 Å². The molecule has 0 aliphatic carbocycles. The van der Waals surface area contributed by atoms with E-state index in [1.807, 2.05) is 22.4 Å². The second-order valence-corrected chi connectivity index (χ2v) is 6.04. The third-order valence-electron chi connectivity index (χ3n) is 3.64. The van der Waals surface area contributed by atoms with Crippen LogP contribution in [0.3, 0.4) is 0 Å². The second kappa shape index (κ2) is 6.70. The Kier molecular flexibility index (Phi) is 4.96. The van der Waals surface area contributed by atoms with E-state index in [1.54, 1.807) is 11.3 Å². The molecule has 1 amide bonds. The summed E-state index contributed by atoms with van der Waals surface area (Å²) in [4.78, 5) is 25.6. The average molecular weight is 281 g/mol. The molecule has 1 aliphatic heterocycles. The first-order valence-corrected chi connectivity index (χ1v) is 7.55. The highest BCUT2D eigenvalue weighted by molar-refractivity contribution is 7.10. The van der Waals surface area contributed by atoms with Crippen molar-refractivity contribution in [2.45, 2.75) is 32.1 Å². The van der Waals surface area contributed by atoms with Crippen LogP contribution in [0, 0.1) is 5.92 Å². The lowest BCUT2D eigenvalue weighted by Crippen LogP contribution is -2.39. The van der Waals surface area contributed by atoms with Crippen LogP contribution in [0.25, 0.3) is 0 Å². The average Bonchev–Trinajstić information content (AvgIpc) is 2.89. The normalized spacial score (nSPS) is 16.5. The SMILES string of the molecule is O=C(O)CCC1CCN(C(=O)Cc2cccs2)CC1. The molecule has 1 aromatic heterocycles. The van der Waals surface area contributed by atoms with Crippen LogP contribution in [-0.2, 0) is 16.0 Å². The lowest BCUT2D eigenvalue weighted by Gasteiger charge is -2.31. The molecule has 0 radical (unpaired) electrons. The molecule has 0 atom stereocenters. The number of piperidine rings is 1. The van der Waals surface area contributed by atoms with E-state index in [0.29, 0.717) is 12.3 Å². The minimum atomic E-state index is -0.726. The van der Waals surface area contributed by atoms with Gasteiger partial charge in [-0.05, 0) is 36.6 Å². The monoisotopic (exact) mass is 281 g/mol. The highest BCUT2D eigenvalue weighted by atomic mass is 32.1. The summed E-state index contributed by atoms with van der Waals surface area (Å²) in [5.41, 5.74) is 0. The fraction of sp³-hybridized carbons (Fsp3) is 0.571. The van der Waals surface area contributed by atoms with E-state index in [-0.39, 0.29) is 12.3 Å². The van der Waals surface area contributed by atoms with E-state index in [0.717, 1.165) is 37.2 Å².